The first-order valence-electron chi connectivity index (χ1n) is 8.15. The molecule has 10 heteroatoms. The first-order chi connectivity index (χ1) is 13.2. The molecule has 0 saturated carbocycles. The van der Waals surface area contributed by atoms with Crippen LogP contribution < -0.4 is 10.6 Å². The van der Waals surface area contributed by atoms with E-state index in [4.69, 9.17) is 9.15 Å². The molecule has 0 bridgehead atoms. The first kappa shape index (κ1) is 21.0. The van der Waals surface area contributed by atoms with Crippen LogP contribution in [0.5, 0.6) is 0 Å². The van der Waals surface area contributed by atoms with Crippen LogP contribution in [0.2, 0.25) is 0 Å². The normalized spacial score (nSPS) is 11.8. The van der Waals surface area contributed by atoms with Crippen LogP contribution in [0.25, 0.3) is 0 Å². The third-order valence-electron chi connectivity index (χ3n) is 3.61. The van der Waals surface area contributed by atoms with Crippen molar-refractivity contribution in [1.29, 1.82) is 0 Å². The zero-order valence-electron chi connectivity index (χ0n) is 14.9. The zero-order chi connectivity index (χ0) is 20.8. The van der Waals surface area contributed by atoms with Gasteiger partial charge in [0.1, 0.15) is 6.04 Å². The maximum absolute atomic E-state index is 13.5. The molecule has 0 spiro atoms. The maximum Gasteiger partial charge on any atom is 0.329 e. The maximum atomic E-state index is 13.5. The fraction of sp³-hybridized carbons (Fsp3) is 0.278. The summed E-state index contributed by atoms with van der Waals surface area (Å²) in [5, 5.41) is 4.39. The zero-order valence-corrected chi connectivity index (χ0v) is 14.9. The van der Waals surface area contributed by atoms with Crippen molar-refractivity contribution >= 4 is 23.5 Å². The summed E-state index contributed by atoms with van der Waals surface area (Å²) >= 11 is 0. The summed E-state index contributed by atoms with van der Waals surface area (Å²) < 4.78 is 49.3. The molecule has 2 N–H and O–H groups in total. The van der Waals surface area contributed by atoms with E-state index in [2.05, 4.69) is 5.32 Å². The number of rotatable bonds is 7. The second-order valence-electron chi connectivity index (χ2n) is 6.05. The van der Waals surface area contributed by atoms with Crippen LogP contribution in [0.15, 0.2) is 34.9 Å². The van der Waals surface area contributed by atoms with Gasteiger partial charge >= 0.3 is 5.97 Å². The van der Waals surface area contributed by atoms with Gasteiger partial charge in [0.25, 0.3) is 11.8 Å². The fourth-order valence-electron chi connectivity index (χ4n) is 2.15. The largest absolute Gasteiger partial charge is 0.459 e. The van der Waals surface area contributed by atoms with Crippen LogP contribution in [0, 0.1) is 23.4 Å². The number of esters is 1. The lowest BCUT2D eigenvalue weighted by Gasteiger charge is -2.20. The lowest BCUT2D eigenvalue weighted by atomic mass is 10.0. The third-order valence-corrected chi connectivity index (χ3v) is 3.61. The highest BCUT2D eigenvalue weighted by Crippen LogP contribution is 2.19. The summed E-state index contributed by atoms with van der Waals surface area (Å²) in [5.74, 6) is -7.64. The van der Waals surface area contributed by atoms with Gasteiger partial charge in [-0.2, -0.15) is 0 Å². The van der Waals surface area contributed by atoms with Gasteiger partial charge in [-0.15, -0.1) is 0 Å². The van der Waals surface area contributed by atoms with E-state index in [1.807, 2.05) is 5.32 Å². The predicted molar refractivity (Wildman–Crippen MR) is 90.7 cm³/mol. The number of anilines is 1. The molecule has 1 atom stereocenters. The molecule has 0 aliphatic rings. The van der Waals surface area contributed by atoms with E-state index in [0.717, 1.165) is 6.07 Å². The number of hydrogen-bond acceptors (Lipinski definition) is 5. The number of furan rings is 1. The predicted octanol–water partition coefficient (Wildman–Crippen LogP) is 2.63. The van der Waals surface area contributed by atoms with E-state index in [1.54, 1.807) is 13.8 Å². The standard InChI is InChI=1S/C18H17F3N2O5/c1-9(2)16(23-17(25)12-4-3-7-27-12)18(26)28-8-13(24)22-11-6-5-10(19)14(20)15(11)21/h3-7,9,16H,8H2,1-2H3,(H,22,24)(H,23,25)/t16-/m0/s1. The van der Waals surface area contributed by atoms with Gasteiger partial charge in [0.05, 0.1) is 12.0 Å². The first-order valence-corrected chi connectivity index (χ1v) is 8.15. The van der Waals surface area contributed by atoms with Crippen molar-refractivity contribution in [1.82, 2.24) is 5.32 Å². The molecule has 28 heavy (non-hydrogen) atoms. The smallest absolute Gasteiger partial charge is 0.329 e. The second-order valence-corrected chi connectivity index (χ2v) is 6.05. The van der Waals surface area contributed by atoms with Gasteiger partial charge in [-0.3, -0.25) is 9.59 Å². The van der Waals surface area contributed by atoms with E-state index in [9.17, 15) is 27.6 Å². The van der Waals surface area contributed by atoms with Crippen molar-refractivity contribution in [2.75, 3.05) is 11.9 Å². The van der Waals surface area contributed by atoms with Crippen molar-refractivity contribution in [2.45, 2.75) is 19.9 Å². The number of ether oxygens (including phenoxy) is 1. The Morgan fingerprint density at radius 2 is 1.82 bits per heavy atom. The second kappa shape index (κ2) is 9.07. The van der Waals surface area contributed by atoms with Crippen LogP contribution >= 0.6 is 0 Å². The molecule has 0 saturated heterocycles. The molecule has 0 aliphatic heterocycles. The van der Waals surface area contributed by atoms with Crippen LogP contribution in [0.4, 0.5) is 18.9 Å². The van der Waals surface area contributed by atoms with Crippen molar-refractivity contribution in [3.05, 3.63) is 53.7 Å². The molecule has 0 unspecified atom stereocenters. The Labute approximate surface area is 157 Å². The summed E-state index contributed by atoms with van der Waals surface area (Å²) in [6.07, 6.45) is 1.29. The summed E-state index contributed by atoms with van der Waals surface area (Å²) in [5.41, 5.74) is -0.605. The molecule has 1 aromatic carbocycles. The van der Waals surface area contributed by atoms with Crippen LogP contribution in [-0.2, 0) is 14.3 Å². The van der Waals surface area contributed by atoms with Gasteiger partial charge in [0.15, 0.2) is 29.8 Å². The van der Waals surface area contributed by atoms with E-state index in [0.29, 0.717) is 6.07 Å². The molecule has 1 heterocycles. The SMILES string of the molecule is CC(C)[C@H](NC(=O)c1ccco1)C(=O)OCC(=O)Nc1ccc(F)c(F)c1F. The molecule has 2 amide bonds. The topological polar surface area (TPSA) is 97.6 Å². The third kappa shape index (κ3) is 5.12. The van der Waals surface area contributed by atoms with Gasteiger partial charge < -0.3 is 19.8 Å². The molecular weight excluding hydrogens is 381 g/mol. The monoisotopic (exact) mass is 398 g/mol. The molecule has 2 rings (SSSR count). The highest BCUT2D eigenvalue weighted by Gasteiger charge is 2.27. The molecule has 150 valence electrons. The Kier molecular flexibility index (Phi) is 6.80. The number of nitrogens with one attached hydrogen (secondary N) is 2. The molecule has 2 aromatic rings. The molecule has 0 fully saturated rings. The van der Waals surface area contributed by atoms with Crippen molar-refractivity contribution in [3.63, 3.8) is 0 Å². The highest BCUT2D eigenvalue weighted by molar-refractivity contribution is 5.96. The van der Waals surface area contributed by atoms with Gasteiger partial charge in [-0.25, -0.2) is 18.0 Å². The summed E-state index contributed by atoms with van der Waals surface area (Å²) in [6.45, 7) is 2.47. The summed E-state index contributed by atoms with van der Waals surface area (Å²) in [7, 11) is 0. The summed E-state index contributed by atoms with van der Waals surface area (Å²) in [6, 6.07) is 3.29. The fourth-order valence-corrected chi connectivity index (χ4v) is 2.15. The molecule has 7 nitrogen and oxygen atoms in total. The number of benzene rings is 1. The molecule has 0 radical (unpaired) electrons. The van der Waals surface area contributed by atoms with E-state index >= 15 is 0 Å². The number of amides is 2. The van der Waals surface area contributed by atoms with Gasteiger partial charge in [0, 0.05) is 0 Å². The number of carbonyl (C=O) groups excluding carboxylic acids is 3. The van der Waals surface area contributed by atoms with E-state index in [-0.39, 0.29) is 11.7 Å². The Morgan fingerprint density at radius 1 is 1.11 bits per heavy atom. The minimum absolute atomic E-state index is 0.00925. The Morgan fingerprint density at radius 3 is 2.43 bits per heavy atom. The van der Waals surface area contributed by atoms with Crippen molar-refractivity contribution < 1.29 is 36.7 Å². The average molecular weight is 398 g/mol. The number of carbonyl (C=O) groups is 3. The van der Waals surface area contributed by atoms with Gasteiger partial charge in [0.2, 0.25) is 0 Å². The summed E-state index contributed by atoms with van der Waals surface area (Å²) in [4.78, 5) is 36.0. The highest BCUT2D eigenvalue weighted by atomic mass is 19.2. The lowest BCUT2D eigenvalue weighted by molar-refractivity contribution is -0.150. The quantitative estimate of drug-likeness (QED) is 0.552. The van der Waals surface area contributed by atoms with Crippen molar-refractivity contribution in [2.24, 2.45) is 5.92 Å². The van der Waals surface area contributed by atoms with Crippen LogP contribution in [0.3, 0.4) is 0 Å². The Hall–Kier alpha value is -3.30. The number of hydrogen-bond donors (Lipinski definition) is 2. The molecular formula is C18H17F3N2O5. The van der Waals surface area contributed by atoms with E-state index < -0.39 is 53.6 Å². The van der Waals surface area contributed by atoms with Crippen LogP contribution in [-0.4, -0.2) is 30.4 Å². The van der Waals surface area contributed by atoms with E-state index in [1.165, 1.54) is 18.4 Å². The number of halogens is 3. The van der Waals surface area contributed by atoms with Crippen LogP contribution in [0.1, 0.15) is 24.4 Å². The molecule has 0 aliphatic carbocycles. The average Bonchev–Trinajstić information content (AvgIpc) is 3.19. The Bertz CT molecular complexity index is 868. The minimum atomic E-state index is -1.74. The Balaban J connectivity index is 1.94. The van der Waals surface area contributed by atoms with Crippen molar-refractivity contribution in [3.8, 4) is 0 Å². The lowest BCUT2D eigenvalue weighted by Crippen LogP contribution is -2.45. The minimum Gasteiger partial charge on any atom is -0.459 e. The van der Waals surface area contributed by atoms with Gasteiger partial charge in [-0.1, -0.05) is 13.8 Å². The molecule has 1 aromatic heterocycles. The van der Waals surface area contributed by atoms with Gasteiger partial charge in [-0.05, 0) is 30.2 Å².